The molecule has 0 N–H and O–H groups in total. The number of rotatable bonds is 3. The summed E-state index contributed by atoms with van der Waals surface area (Å²) in [6, 6.07) is 8.59. The molecule has 1 nitrogen and oxygen atoms in total. The maximum Gasteiger partial charge on any atom is 0.119 e. The zero-order valence-corrected chi connectivity index (χ0v) is 11.4. The van der Waals surface area contributed by atoms with Gasteiger partial charge in [-0.3, -0.25) is 0 Å². The first-order valence-electron chi connectivity index (χ1n) is 6.16. The van der Waals surface area contributed by atoms with Gasteiger partial charge in [0.15, 0.2) is 0 Å². The Morgan fingerprint density at radius 1 is 1.38 bits per heavy atom. The van der Waals surface area contributed by atoms with Crippen LogP contribution in [0.1, 0.15) is 44.1 Å². The first-order chi connectivity index (χ1) is 7.79. The van der Waals surface area contributed by atoms with E-state index in [-0.39, 0.29) is 0 Å². The molecule has 0 amide bonds. The van der Waals surface area contributed by atoms with Crippen LogP contribution in [0.3, 0.4) is 0 Å². The summed E-state index contributed by atoms with van der Waals surface area (Å²) < 4.78 is 5.55. The molecule has 1 aliphatic carbocycles. The van der Waals surface area contributed by atoms with Crippen LogP contribution in [0, 0.1) is 0 Å². The van der Waals surface area contributed by atoms with Gasteiger partial charge in [0.25, 0.3) is 0 Å². The van der Waals surface area contributed by atoms with Crippen LogP contribution in [-0.2, 0) is 0 Å². The summed E-state index contributed by atoms with van der Waals surface area (Å²) in [5, 5.41) is 0. The Labute approximate surface area is 106 Å². The number of benzene rings is 1. The van der Waals surface area contributed by atoms with Crippen molar-refractivity contribution in [1.82, 2.24) is 0 Å². The van der Waals surface area contributed by atoms with Crippen molar-refractivity contribution in [3.05, 3.63) is 29.8 Å². The molecule has 2 heteroatoms. The molecule has 0 aliphatic heterocycles. The second-order valence-electron chi connectivity index (χ2n) is 4.47. The van der Waals surface area contributed by atoms with E-state index in [1.54, 1.807) is 0 Å². The minimum Gasteiger partial charge on any atom is -0.494 e. The SMILES string of the molecule is CCOc1cccc(C2CCCC(Br)C2)c1. The van der Waals surface area contributed by atoms with Crippen molar-refractivity contribution in [1.29, 1.82) is 0 Å². The van der Waals surface area contributed by atoms with Crippen LogP contribution in [-0.4, -0.2) is 11.4 Å². The molecule has 16 heavy (non-hydrogen) atoms. The number of ether oxygens (including phenoxy) is 1. The summed E-state index contributed by atoms with van der Waals surface area (Å²) in [5.74, 6) is 1.72. The number of hydrogen-bond acceptors (Lipinski definition) is 1. The van der Waals surface area contributed by atoms with Gasteiger partial charge >= 0.3 is 0 Å². The Bertz CT molecular complexity index is 337. The van der Waals surface area contributed by atoms with Crippen LogP contribution >= 0.6 is 15.9 Å². The Morgan fingerprint density at radius 3 is 3.00 bits per heavy atom. The maximum atomic E-state index is 5.55. The van der Waals surface area contributed by atoms with E-state index in [4.69, 9.17) is 4.74 Å². The second kappa shape index (κ2) is 5.72. The summed E-state index contributed by atoms with van der Waals surface area (Å²) in [4.78, 5) is 0.696. The topological polar surface area (TPSA) is 9.23 Å². The summed E-state index contributed by atoms with van der Waals surface area (Å²) in [5.41, 5.74) is 1.44. The standard InChI is InChI=1S/C14H19BrO/c1-2-16-14-8-4-6-12(10-14)11-5-3-7-13(15)9-11/h4,6,8,10-11,13H,2-3,5,7,9H2,1H3. The van der Waals surface area contributed by atoms with E-state index in [9.17, 15) is 0 Å². The van der Waals surface area contributed by atoms with Crippen molar-refractivity contribution in [3.63, 3.8) is 0 Å². The summed E-state index contributed by atoms with van der Waals surface area (Å²) in [7, 11) is 0. The second-order valence-corrected chi connectivity index (χ2v) is 5.76. The van der Waals surface area contributed by atoms with Gasteiger partial charge in [-0.25, -0.2) is 0 Å². The third-order valence-corrected chi connectivity index (χ3v) is 4.08. The van der Waals surface area contributed by atoms with E-state index < -0.39 is 0 Å². The average molecular weight is 283 g/mol. The first-order valence-corrected chi connectivity index (χ1v) is 7.08. The van der Waals surface area contributed by atoms with Crippen molar-refractivity contribution in [2.24, 2.45) is 0 Å². The smallest absolute Gasteiger partial charge is 0.119 e. The molecule has 88 valence electrons. The minimum absolute atomic E-state index is 0.696. The van der Waals surface area contributed by atoms with Crippen molar-refractivity contribution in [2.75, 3.05) is 6.61 Å². The van der Waals surface area contributed by atoms with Gasteiger partial charge in [0.1, 0.15) is 5.75 Å². The fourth-order valence-electron chi connectivity index (χ4n) is 2.46. The molecule has 2 rings (SSSR count). The molecule has 0 heterocycles. The van der Waals surface area contributed by atoms with Crippen LogP contribution in [0.25, 0.3) is 0 Å². The molecule has 0 saturated heterocycles. The fourth-order valence-corrected chi connectivity index (χ4v) is 3.23. The summed E-state index contributed by atoms with van der Waals surface area (Å²) in [6.07, 6.45) is 5.23. The summed E-state index contributed by atoms with van der Waals surface area (Å²) in [6.45, 7) is 2.77. The highest BCUT2D eigenvalue weighted by Crippen LogP contribution is 2.36. The van der Waals surface area contributed by atoms with E-state index in [0.717, 1.165) is 12.4 Å². The Hall–Kier alpha value is -0.500. The molecule has 2 unspecified atom stereocenters. The number of halogens is 1. The molecule has 1 saturated carbocycles. The highest BCUT2D eigenvalue weighted by atomic mass is 79.9. The maximum absolute atomic E-state index is 5.55. The van der Waals surface area contributed by atoms with E-state index in [1.165, 1.54) is 31.2 Å². The van der Waals surface area contributed by atoms with E-state index in [1.807, 2.05) is 13.0 Å². The molecule has 0 bridgehead atoms. The van der Waals surface area contributed by atoms with Crippen molar-refractivity contribution in [2.45, 2.75) is 43.4 Å². The summed E-state index contributed by atoms with van der Waals surface area (Å²) >= 11 is 3.74. The Kier molecular flexibility index (Phi) is 4.28. The highest BCUT2D eigenvalue weighted by Gasteiger charge is 2.21. The third-order valence-electron chi connectivity index (χ3n) is 3.25. The normalized spacial score (nSPS) is 25.4. The van der Waals surface area contributed by atoms with E-state index in [0.29, 0.717) is 10.7 Å². The lowest BCUT2D eigenvalue weighted by molar-refractivity contribution is 0.339. The van der Waals surface area contributed by atoms with Gasteiger partial charge in [-0.15, -0.1) is 0 Å². The molecular formula is C14H19BrO. The van der Waals surface area contributed by atoms with E-state index in [2.05, 4.69) is 34.1 Å². The van der Waals surface area contributed by atoms with Crippen LogP contribution < -0.4 is 4.74 Å². The van der Waals surface area contributed by atoms with Gasteiger partial charge in [0.05, 0.1) is 6.61 Å². The number of hydrogen-bond donors (Lipinski definition) is 0. The molecule has 2 atom stereocenters. The predicted octanol–water partition coefficient (Wildman–Crippen LogP) is 4.51. The lowest BCUT2D eigenvalue weighted by Crippen LogP contribution is -2.13. The largest absolute Gasteiger partial charge is 0.494 e. The lowest BCUT2D eigenvalue weighted by Gasteiger charge is -2.26. The third kappa shape index (κ3) is 3.00. The lowest BCUT2D eigenvalue weighted by atomic mass is 9.84. The van der Waals surface area contributed by atoms with Crippen LogP contribution in [0.2, 0.25) is 0 Å². The van der Waals surface area contributed by atoms with Gasteiger partial charge in [0, 0.05) is 4.83 Å². The van der Waals surface area contributed by atoms with Crippen LogP contribution in [0.4, 0.5) is 0 Å². The van der Waals surface area contributed by atoms with Crippen LogP contribution in [0.15, 0.2) is 24.3 Å². The molecule has 1 aromatic carbocycles. The molecule has 1 aliphatic rings. The molecule has 1 aromatic rings. The van der Waals surface area contributed by atoms with Gasteiger partial charge < -0.3 is 4.74 Å². The van der Waals surface area contributed by atoms with Gasteiger partial charge in [-0.05, 0) is 49.8 Å². The minimum atomic E-state index is 0.696. The Morgan fingerprint density at radius 2 is 2.25 bits per heavy atom. The zero-order valence-electron chi connectivity index (χ0n) is 9.79. The van der Waals surface area contributed by atoms with E-state index >= 15 is 0 Å². The zero-order chi connectivity index (χ0) is 11.4. The van der Waals surface area contributed by atoms with Crippen molar-refractivity contribution in [3.8, 4) is 5.75 Å². The Balaban J connectivity index is 2.09. The van der Waals surface area contributed by atoms with Crippen LogP contribution in [0.5, 0.6) is 5.75 Å². The highest BCUT2D eigenvalue weighted by molar-refractivity contribution is 9.09. The molecule has 0 radical (unpaired) electrons. The van der Waals surface area contributed by atoms with Gasteiger partial charge in [-0.2, -0.15) is 0 Å². The molecule has 0 spiro atoms. The first kappa shape index (κ1) is 12.0. The fraction of sp³-hybridized carbons (Fsp3) is 0.571. The number of alkyl halides is 1. The van der Waals surface area contributed by atoms with Crippen molar-refractivity contribution >= 4 is 15.9 Å². The monoisotopic (exact) mass is 282 g/mol. The molecule has 0 aromatic heterocycles. The molecule has 1 fully saturated rings. The quantitative estimate of drug-likeness (QED) is 0.742. The van der Waals surface area contributed by atoms with Gasteiger partial charge in [0.2, 0.25) is 0 Å². The average Bonchev–Trinajstić information content (AvgIpc) is 2.30. The predicted molar refractivity (Wildman–Crippen MR) is 71.5 cm³/mol. The molecular weight excluding hydrogens is 264 g/mol. The van der Waals surface area contributed by atoms with Crippen molar-refractivity contribution < 1.29 is 4.74 Å². The van der Waals surface area contributed by atoms with Gasteiger partial charge in [-0.1, -0.05) is 34.5 Å².